The Bertz CT molecular complexity index is 306. The van der Waals surface area contributed by atoms with Crippen molar-refractivity contribution in [2.24, 2.45) is 0 Å². The Morgan fingerprint density at radius 2 is 2.50 bits per heavy atom. The zero-order chi connectivity index (χ0) is 9.97. The summed E-state index contributed by atoms with van der Waals surface area (Å²) in [5.74, 6) is -0.790. The van der Waals surface area contributed by atoms with Gasteiger partial charge in [-0.25, -0.2) is 4.98 Å². The van der Waals surface area contributed by atoms with E-state index in [4.69, 9.17) is 9.52 Å². The fraction of sp³-hybridized carbons (Fsp3) is 0.556. The lowest BCUT2D eigenvalue weighted by Crippen LogP contribution is -2.28. The van der Waals surface area contributed by atoms with Crippen molar-refractivity contribution in [2.75, 3.05) is 11.4 Å². The van der Waals surface area contributed by atoms with Gasteiger partial charge in [-0.3, -0.25) is 4.79 Å². The van der Waals surface area contributed by atoms with Crippen LogP contribution in [0.1, 0.15) is 19.3 Å². The summed E-state index contributed by atoms with van der Waals surface area (Å²) in [6.45, 7) is 0.473. The van der Waals surface area contributed by atoms with Crippen molar-refractivity contribution in [3.63, 3.8) is 0 Å². The minimum atomic E-state index is -0.790. The predicted octanol–water partition coefficient (Wildman–Crippen LogP) is 1.12. The van der Waals surface area contributed by atoms with Gasteiger partial charge in [-0.05, 0) is 12.8 Å². The first kappa shape index (κ1) is 9.05. The fourth-order valence-electron chi connectivity index (χ4n) is 1.39. The van der Waals surface area contributed by atoms with Crippen molar-refractivity contribution >= 4 is 12.0 Å². The zero-order valence-corrected chi connectivity index (χ0v) is 7.72. The molecule has 0 aliphatic heterocycles. The molecule has 1 heterocycles. The minimum Gasteiger partial charge on any atom is -0.481 e. The van der Waals surface area contributed by atoms with Gasteiger partial charge >= 0.3 is 5.97 Å². The molecular weight excluding hydrogens is 184 g/mol. The molecule has 5 heteroatoms. The molecule has 1 aromatic rings. The molecule has 0 atom stereocenters. The maximum absolute atomic E-state index is 10.4. The maximum atomic E-state index is 10.4. The molecule has 0 spiro atoms. The highest BCUT2D eigenvalue weighted by Gasteiger charge is 2.31. The van der Waals surface area contributed by atoms with E-state index in [1.54, 1.807) is 6.20 Å². The van der Waals surface area contributed by atoms with E-state index in [-0.39, 0.29) is 6.42 Å². The van der Waals surface area contributed by atoms with Crippen LogP contribution in [0, 0.1) is 0 Å². The van der Waals surface area contributed by atoms with Crippen LogP contribution in [0.3, 0.4) is 0 Å². The molecule has 0 radical (unpaired) electrons. The van der Waals surface area contributed by atoms with E-state index >= 15 is 0 Å². The summed E-state index contributed by atoms with van der Waals surface area (Å²) < 4.78 is 5.15. The third kappa shape index (κ3) is 2.04. The Kier molecular flexibility index (Phi) is 2.39. The van der Waals surface area contributed by atoms with Gasteiger partial charge in [0.25, 0.3) is 6.01 Å². The lowest BCUT2D eigenvalue weighted by atomic mass is 10.4. The largest absolute Gasteiger partial charge is 0.481 e. The Morgan fingerprint density at radius 3 is 3.00 bits per heavy atom. The Morgan fingerprint density at radius 1 is 1.71 bits per heavy atom. The van der Waals surface area contributed by atoms with Crippen molar-refractivity contribution in [1.82, 2.24) is 4.98 Å². The highest BCUT2D eigenvalue weighted by Crippen LogP contribution is 2.30. The number of carboxylic acid groups (broad SMARTS) is 1. The molecule has 0 unspecified atom stereocenters. The average molecular weight is 196 g/mol. The molecule has 5 nitrogen and oxygen atoms in total. The summed E-state index contributed by atoms with van der Waals surface area (Å²) in [5.41, 5.74) is 0. The van der Waals surface area contributed by atoms with E-state index in [1.165, 1.54) is 6.26 Å². The van der Waals surface area contributed by atoms with Crippen LogP contribution in [-0.4, -0.2) is 28.6 Å². The molecule has 0 aromatic carbocycles. The molecule has 1 saturated carbocycles. The van der Waals surface area contributed by atoms with Crippen molar-refractivity contribution in [3.8, 4) is 0 Å². The number of hydrogen-bond donors (Lipinski definition) is 1. The monoisotopic (exact) mass is 196 g/mol. The molecule has 0 amide bonds. The standard InChI is InChI=1S/C9H12N2O3/c12-8(13)3-5-11(7-1-2-7)9-10-4-6-14-9/h4,6-7H,1-3,5H2,(H,12,13). The first-order valence-corrected chi connectivity index (χ1v) is 4.65. The third-order valence-corrected chi connectivity index (χ3v) is 2.22. The second kappa shape index (κ2) is 3.69. The summed E-state index contributed by atoms with van der Waals surface area (Å²) in [7, 11) is 0. The molecule has 0 bridgehead atoms. The number of aliphatic carboxylic acids is 1. The Hall–Kier alpha value is -1.52. The third-order valence-electron chi connectivity index (χ3n) is 2.22. The molecule has 1 aliphatic rings. The van der Waals surface area contributed by atoms with Crippen LogP contribution in [0.5, 0.6) is 0 Å². The van der Waals surface area contributed by atoms with Gasteiger partial charge in [-0.1, -0.05) is 0 Å². The van der Waals surface area contributed by atoms with Gasteiger partial charge in [0.2, 0.25) is 0 Å². The molecule has 14 heavy (non-hydrogen) atoms. The van der Waals surface area contributed by atoms with Crippen LogP contribution in [0.2, 0.25) is 0 Å². The predicted molar refractivity (Wildman–Crippen MR) is 49.1 cm³/mol. The van der Waals surface area contributed by atoms with Crippen LogP contribution in [0.4, 0.5) is 6.01 Å². The highest BCUT2D eigenvalue weighted by atomic mass is 16.4. The molecule has 1 aromatic heterocycles. The van der Waals surface area contributed by atoms with Gasteiger partial charge in [0.1, 0.15) is 6.26 Å². The van der Waals surface area contributed by atoms with Crippen molar-refractivity contribution in [2.45, 2.75) is 25.3 Å². The molecule has 0 saturated heterocycles. The first-order valence-electron chi connectivity index (χ1n) is 4.65. The van der Waals surface area contributed by atoms with E-state index in [0.29, 0.717) is 18.6 Å². The quantitative estimate of drug-likeness (QED) is 0.764. The zero-order valence-electron chi connectivity index (χ0n) is 7.72. The summed E-state index contributed by atoms with van der Waals surface area (Å²) in [5, 5.41) is 8.58. The van der Waals surface area contributed by atoms with Crippen LogP contribution in [0.15, 0.2) is 16.9 Å². The summed E-state index contributed by atoms with van der Waals surface area (Å²) >= 11 is 0. The van der Waals surface area contributed by atoms with E-state index < -0.39 is 5.97 Å². The number of nitrogens with zero attached hydrogens (tertiary/aromatic N) is 2. The van der Waals surface area contributed by atoms with Gasteiger partial charge in [-0.15, -0.1) is 0 Å². The van der Waals surface area contributed by atoms with Crippen LogP contribution in [-0.2, 0) is 4.79 Å². The number of oxazole rings is 1. The fourth-order valence-corrected chi connectivity index (χ4v) is 1.39. The van der Waals surface area contributed by atoms with Crippen LogP contribution >= 0.6 is 0 Å². The van der Waals surface area contributed by atoms with E-state index in [1.807, 2.05) is 4.90 Å². The van der Waals surface area contributed by atoms with Crippen LogP contribution < -0.4 is 4.90 Å². The summed E-state index contributed by atoms with van der Waals surface area (Å²) in [4.78, 5) is 16.4. The molecule has 1 fully saturated rings. The number of carbonyl (C=O) groups is 1. The van der Waals surface area contributed by atoms with Crippen LogP contribution in [0.25, 0.3) is 0 Å². The van der Waals surface area contributed by atoms with Gasteiger partial charge < -0.3 is 14.4 Å². The SMILES string of the molecule is O=C(O)CCN(c1ncco1)C1CC1. The van der Waals surface area contributed by atoms with Crippen molar-refractivity contribution in [3.05, 3.63) is 12.5 Å². The molecular formula is C9H12N2O3. The highest BCUT2D eigenvalue weighted by molar-refractivity contribution is 5.67. The number of anilines is 1. The molecule has 2 rings (SSSR count). The number of hydrogen-bond acceptors (Lipinski definition) is 4. The normalized spacial score (nSPS) is 15.4. The van der Waals surface area contributed by atoms with Crippen molar-refractivity contribution < 1.29 is 14.3 Å². The lowest BCUT2D eigenvalue weighted by molar-refractivity contribution is -0.136. The van der Waals surface area contributed by atoms with Gasteiger partial charge in [0, 0.05) is 12.6 Å². The van der Waals surface area contributed by atoms with E-state index in [9.17, 15) is 4.79 Å². The first-order chi connectivity index (χ1) is 6.77. The lowest BCUT2D eigenvalue weighted by Gasteiger charge is -2.18. The second-order valence-electron chi connectivity index (χ2n) is 3.38. The summed E-state index contributed by atoms with van der Waals surface area (Å²) in [6, 6.07) is 0.960. The van der Waals surface area contributed by atoms with E-state index in [2.05, 4.69) is 4.98 Å². The average Bonchev–Trinajstić information content (AvgIpc) is 2.81. The van der Waals surface area contributed by atoms with Gasteiger partial charge in [0.15, 0.2) is 0 Å². The molecule has 1 aliphatic carbocycles. The molecule has 76 valence electrons. The summed E-state index contributed by atoms with van der Waals surface area (Å²) in [6.07, 6.45) is 5.40. The van der Waals surface area contributed by atoms with Gasteiger partial charge in [0.05, 0.1) is 12.6 Å². The second-order valence-corrected chi connectivity index (χ2v) is 3.38. The maximum Gasteiger partial charge on any atom is 0.305 e. The smallest absolute Gasteiger partial charge is 0.305 e. The van der Waals surface area contributed by atoms with E-state index in [0.717, 1.165) is 12.8 Å². The molecule has 1 N–H and O–H groups in total. The topological polar surface area (TPSA) is 66.6 Å². The van der Waals surface area contributed by atoms with Gasteiger partial charge in [-0.2, -0.15) is 0 Å². The Labute approximate surface area is 81.3 Å². The Balaban J connectivity index is 1.97. The number of rotatable bonds is 5. The minimum absolute atomic E-state index is 0.124. The number of aromatic nitrogens is 1. The van der Waals surface area contributed by atoms with Crippen molar-refractivity contribution in [1.29, 1.82) is 0 Å². The number of carboxylic acids is 1.